The van der Waals surface area contributed by atoms with E-state index in [2.05, 4.69) is 0 Å². The largest absolute Gasteiger partial charge is 0.494 e. The predicted octanol–water partition coefficient (Wildman–Crippen LogP) is 8.06. The molecule has 1 aliphatic heterocycles. The molecular weight excluding hydrogens is 541 g/mol. The number of hydrogen-bond acceptors (Lipinski definition) is 4. The van der Waals surface area contributed by atoms with Gasteiger partial charge >= 0.3 is 13.3 Å². The molecular formula is C27H25BClF4NO3S. The number of thiophene rings is 1. The van der Waals surface area contributed by atoms with E-state index in [-0.39, 0.29) is 11.3 Å². The van der Waals surface area contributed by atoms with Gasteiger partial charge in [-0.3, -0.25) is 4.57 Å². The van der Waals surface area contributed by atoms with Crippen molar-refractivity contribution in [3.8, 4) is 17.0 Å². The first-order valence-corrected chi connectivity index (χ1v) is 13.4. The van der Waals surface area contributed by atoms with E-state index < -0.39 is 35.8 Å². The lowest BCUT2D eigenvalue weighted by Crippen LogP contribution is -2.44. The zero-order chi connectivity index (χ0) is 27.4. The summed E-state index contributed by atoms with van der Waals surface area (Å²) in [5.41, 5.74) is 1.22. The van der Waals surface area contributed by atoms with Crippen LogP contribution in [0.15, 0.2) is 48.5 Å². The molecule has 0 bridgehead atoms. The van der Waals surface area contributed by atoms with Crippen LogP contribution in [-0.4, -0.2) is 23.9 Å². The first-order valence-electron chi connectivity index (χ1n) is 12.2. The Hall–Kier alpha value is -2.53. The quantitative estimate of drug-likeness (QED) is 0.168. The number of alkyl halides is 3. The summed E-state index contributed by atoms with van der Waals surface area (Å²) in [5, 5.41) is 1.20. The minimum atomic E-state index is -4.49. The smallest absolute Gasteiger partial charge is 0.464 e. The van der Waals surface area contributed by atoms with Crippen molar-refractivity contribution in [1.29, 1.82) is 0 Å². The van der Waals surface area contributed by atoms with E-state index in [4.69, 9.17) is 25.6 Å². The van der Waals surface area contributed by atoms with E-state index in [1.807, 2.05) is 27.7 Å². The second-order valence-electron chi connectivity index (χ2n) is 9.67. The standard InChI is InChI=1S/C27H25BClF4NO3S/c1-5-26(3,4)37-28(35-6-2)16-13-18(30)24-20-12-15-11-17(29)7-8-19(15)34(20)25(36-21(24)14-16)22-9-10-23(38-22)27(31,32)33/h7-14,25H,5-6H2,1-4H3. The highest BCUT2D eigenvalue weighted by Gasteiger charge is 2.38. The van der Waals surface area contributed by atoms with Crippen molar-refractivity contribution < 1.29 is 31.6 Å². The van der Waals surface area contributed by atoms with Crippen LogP contribution in [0.4, 0.5) is 17.6 Å². The van der Waals surface area contributed by atoms with Crippen molar-refractivity contribution in [3.63, 3.8) is 0 Å². The zero-order valence-electron chi connectivity index (χ0n) is 21.2. The molecule has 1 atom stereocenters. The number of fused-ring (bicyclic) bond motifs is 5. The van der Waals surface area contributed by atoms with Crippen molar-refractivity contribution in [1.82, 2.24) is 4.57 Å². The molecule has 3 heterocycles. The lowest BCUT2D eigenvalue weighted by Gasteiger charge is -2.31. The van der Waals surface area contributed by atoms with Gasteiger partial charge in [-0.1, -0.05) is 18.5 Å². The Morgan fingerprint density at radius 2 is 1.84 bits per heavy atom. The van der Waals surface area contributed by atoms with E-state index in [1.165, 1.54) is 12.1 Å². The Bertz CT molecular complexity index is 1500. The summed E-state index contributed by atoms with van der Waals surface area (Å²) in [6.45, 7) is 7.95. The summed E-state index contributed by atoms with van der Waals surface area (Å²) >= 11 is 6.80. The molecule has 0 aliphatic carbocycles. The van der Waals surface area contributed by atoms with E-state index in [0.717, 1.165) is 6.07 Å². The fourth-order valence-electron chi connectivity index (χ4n) is 4.45. The molecule has 1 aliphatic rings. The fourth-order valence-corrected chi connectivity index (χ4v) is 5.53. The summed E-state index contributed by atoms with van der Waals surface area (Å²) in [7, 11) is -0.859. The Morgan fingerprint density at radius 1 is 1.08 bits per heavy atom. The molecule has 4 aromatic rings. The average Bonchev–Trinajstić information content (AvgIpc) is 3.48. The molecule has 2 aromatic heterocycles. The van der Waals surface area contributed by atoms with Crippen LogP contribution in [0.2, 0.25) is 5.02 Å². The topological polar surface area (TPSA) is 32.6 Å². The average molecular weight is 566 g/mol. The van der Waals surface area contributed by atoms with Gasteiger partial charge in [0, 0.05) is 22.6 Å². The van der Waals surface area contributed by atoms with Gasteiger partial charge in [-0.25, -0.2) is 4.39 Å². The highest BCUT2D eigenvalue weighted by Crippen LogP contribution is 2.47. The number of aromatic nitrogens is 1. The van der Waals surface area contributed by atoms with Crippen LogP contribution in [0.1, 0.15) is 50.1 Å². The van der Waals surface area contributed by atoms with Crippen LogP contribution in [-0.2, 0) is 15.5 Å². The maximum absolute atomic E-state index is 15.8. The molecule has 11 heteroatoms. The van der Waals surface area contributed by atoms with E-state index in [1.54, 1.807) is 34.9 Å². The molecule has 0 amide bonds. The van der Waals surface area contributed by atoms with Gasteiger partial charge in [0.1, 0.15) is 16.4 Å². The Morgan fingerprint density at radius 3 is 2.50 bits per heavy atom. The van der Waals surface area contributed by atoms with Crippen LogP contribution in [0.5, 0.6) is 5.75 Å². The lowest BCUT2D eigenvalue weighted by molar-refractivity contribution is -0.134. The van der Waals surface area contributed by atoms with Gasteiger partial charge in [-0.15, -0.1) is 11.3 Å². The molecule has 0 saturated heterocycles. The molecule has 1 unspecified atom stereocenters. The van der Waals surface area contributed by atoms with Gasteiger partial charge in [-0.05, 0) is 81.2 Å². The molecule has 0 spiro atoms. The van der Waals surface area contributed by atoms with Gasteiger partial charge in [0.2, 0.25) is 6.23 Å². The van der Waals surface area contributed by atoms with Crippen molar-refractivity contribution in [2.45, 2.75) is 52.1 Å². The number of hydrogen-bond donors (Lipinski definition) is 0. The Balaban J connectivity index is 1.69. The number of nitrogens with zero attached hydrogens (tertiary/aromatic N) is 1. The first-order chi connectivity index (χ1) is 17.9. The molecule has 2 aromatic carbocycles. The normalized spacial score (nSPS) is 15.3. The number of rotatable bonds is 7. The molecule has 200 valence electrons. The molecule has 0 N–H and O–H groups in total. The number of ether oxygens (including phenoxy) is 1. The van der Waals surface area contributed by atoms with Crippen LogP contribution >= 0.6 is 22.9 Å². The lowest BCUT2D eigenvalue weighted by atomic mass is 9.76. The van der Waals surface area contributed by atoms with Crippen molar-refractivity contribution in [3.05, 3.63) is 69.1 Å². The van der Waals surface area contributed by atoms with Gasteiger partial charge in [0.15, 0.2) is 0 Å². The molecule has 5 rings (SSSR count). The highest BCUT2D eigenvalue weighted by molar-refractivity contribution is 7.12. The Labute approximate surface area is 227 Å². The molecule has 0 fully saturated rings. The van der Waals surface area contributed by atoms with Crippen LogP contribution in [0, 0.1) is 5.82 Å². The fraction of sp³-hybridized carbons (Fsp3) is 0.333. The minimum absolute atomic E-state index is 0.191. The number of halogens is 5. The zero-order valence-corrected chi connectivity index (χ0v) is 22.7. The van der Waals surface area contributed by atoms with Gasteiger partial charge in [0.25, 0.3) is 0 Å². The molecule has 38 heavy (non-hydrogen) atoms. The van der Waals surface area contributed by atoms with Crippen molar-refractivity contribution in [2.75, 3.05) is 6.61 Å². The summed E-state index contributed by atoms with van der Waals surface area (Å²) in [4.78, 5) is -0.415. The highest BCUT2D eigenvalue weighted by atomic mass is 35.5. The molecule has 0 radical (unpaired) electrons. The van der Waals surface area contributed by atoms with E-state index in [0.29, 0.717) is 56.3 Å². The third kappa shape index (κ3) is 4.95. The summed E-state index contributed by atoms with van der Waals surface area (Å²) in [6.07, 6.45) is -4.74. The first kappa shape index (κ1) is 27.1. The van der Waals surface area contributed by atoms with Gasteiger partial charge in [0.05, 0.1) is 21.7 Å². The van der Waals surface area contributed by atoms with Crippen LogP contribution in [0.25, 0.3) is 22.2 Å². The monoisotopic (exact) mass is 565 g/mol. The third-order valence-electron chi connectivity index (χ3n) is 6.62. The van der Waals surface area contributed by atoms with Crippen molar-refractivity contribution in [2.24, 2.45) is 0 Å². The third-order valence-corrected chi connectivity index (χ3v) is 8.02. The van der Waals surface area contributed by atoms with E-state index >= 15 is 4.39 Å². The molecule has 4 nitrogen and oxygen atoms in total. The van der Waals surface area contributed by atoms with Crippen LogP contribution in [0.3, 0.4) is 0 Å². The van der Waals surface area contributed by atoms with Gasteiger partial charge < -0.3 is 14.0 Å². The maximum atomic E-state index is 15.8. The number of benzene rings is 2. The second kappa shape index (κ2) is 9.90. The Kier molecular flexibility index (Phi) is 7.05. The maximum Gasteiger partial charge on any atom is 0.494 e. The SMILES string of the molecule is CCOB(OC(C)(C)CC)c1cc(F)c2c(c1)OC(c1ccc(C(F)(F)F)s1)n1c-2cc2cc(Cl)ccc21. The summed E-state index contributed by atoms with van der Waals surface area (Å²) in [6, 6.07) is 12.4. The molecule has 0 saturated carbocycles. The predicted molar refractivity (Wildman–Crippen MR) is 143 cm³/mol. The second-order valence-corrected chi connectivity index (χ2v) is 11.2. The minimum Gasteiger partial charge on any atom is -0.464 e. The van der Waals surface area contributed by atoms with Crippen LogP contribution < -0.4 is 10.2 Å². The van der Waals surface area contributed by atoms with Crippen molar-refractivity contribution >= 4 is 46.4 Å². The van der Waals surface area contributed by atoms with E-state index in [9.17, 15) is 13.2 Å². The summed E-state index contributed by atoms with van der Waals surface area (Å²) < 4.78 is 76.1. The van der Waals surface area contributed by atoms with Gasteiger partial charge in [-0.2, -0.15) is 13.2 Å². The summed E-state index contributed by atoms with van der Waals surface area (Å²) in [5.74, 6) is -0.369.